The van der Waals surface area contributed by atoms with E-state index in [1.807, 2.05) is 71.2 Å². The Morgan fingerprint density at radius 1 is 1.12 bits per heavy atom. The zero-order chi connectivity index (χ0) is 18.1. The molecule has 26 heavy (non-hydrogen) atoms. The first kappa shape index (κ1) is 16.2. The van der Waals surface area contributed by atoms with Gasteiger partial charge in [-0.1, -0.05) is 6.07 Å². The van der Waals surface area contributed by atoms with Crippen LogP contribution in [0.4, 0.5) is 11.4 Å². The third-order valence-electron chi connectivity index (χ3n) is 4.70. The fourth-order valence-corrected chi connectivity index (χ4v) is 3.31. The largest absolute Gasteiger partial charge is 0.360 e. The maximum Gasteiger partial charge on any atom is 0.256 e. The number of hydrogen-bond donors (Lipinski definition) is 2. The summed E-state index contributed by atoms with van der Waals surface area (Å²) in [5.74, 6) is -0.100. The molecule has 0 atom stereocenters. The molecule has 2 N–H and O–H groups in total. The van der Waals surface area contributed by atoms with Crippen LogP contribution in [0, 0.1) is 0 Å². The Bertz CT molecular complexity index is 975. The maximum absolute atomic E-state index is 12.7. The van der Waals surface area contributed by atoms with Gasteiger partial charge < -0.3 is 20.1 Å². The summed E-state index contributed by atoms with van der Waals surface area (Å²) in [5, 5.41) is 6.70. The minimum Gasteiger partial charge on any atom is -0.360 e. The molecule has 1 saturated heterocycles. The van der Waals surface area contributed by atoms with E-state index in [0.717, 1.165) is 28.8 Å². The highest BCUT2D eigenvalue weighted by Crippen LogP contribution is 2.22. The number of nitrogens with one attached hydrogen (secondary N) is 2. The van der Waals surface area contributed by atoms with Crippen molar-refractivity contribution in [3.05, 3.63) is 60.3 Å². The van der Waals surface area contributed by atoms with E-state index in [1.165, 1.54) is 0 Å². The summed E-state index contributed by atoms with van der Waals surface area (Å²) in [6, 6.07) is 15.3. The molecule has 0 bridgehead atoms. The molecule has 0 unspecified atom stereocenters. The van der Waals surface area contributed by atoms with Gasteiger partial charge in [-0.2, -0.15) is 0 Å². The first-order valence-corrected chi connectivity index (χ1v) is 8.59. The molecule has 132 valence electrons. The van der Waals surface area contributed by atoms with Crippen molar-refractivity contribution in [3.8, 4) is 0 Å². The highest BCUT2D eigenvalue weighted by molar-refractivity contribution is 6.12. The van der Waals surface area contributed by atoms with Crippen molar-refractivity contribution >= 4 is 34.1 Å². The second kappa shape index (κ2) is 6.55. The van der Waals surface area contributed by atoms with Gasteiger partial charge in [-0.05, 0) is 42.5 Å². The number of hydrogen-bond acceptors (Lipinski definition) is 3. The Labute approximate surface area is 151 Å². The second-order valence-electron chi connectivity index (χ2n) is 6.44. The average Bonchev–Trinajstić information content (AvgIpc) is 3.03. The van der Waals surface area contributed by atoms with E-state index < -0.39 is 0 Å². The van der Waals surface area contributed by atoms with Crippen LogP contribution in [0.2, 0.25) is 0 Å². The van der Waals surface area contributed by atoms with Crippen LogP contribution >= 0.6 is 0 Å². The van der Waals surface area contributed by atoms with Crippen molar-refractivity contribution in [3.63, 3.8) is 0 Å². The zero-order valence-electron chi connectivity index (χ0n) is 14.5. The number of carbonyl (C=O) groups is 2. The molecular formula is C20H20N4O2. The second-order valence-corrected chi connectivity index (χ2v) is 6.44. The van der Waals surface area contributed by atoms with Gasteiger partial charge in [0, 0.05) is 54.2 Å². The van der Waals surface area contributed by atoms with Crippen LogP contribution in [0.3, 0.4) is 0 Å². The van der Waals surface area contributed by atoms with Crippen molar-refractivity contribution in [1.29, 1.82) is 0 Å². The van der Waals surface area contributed by atoms with Gasteiger partial charge in [0.05, 0.1) is 6.54 Å². The summed E-state index contributed by atoms with van der Waals surface area (Å²) in [4.78, 5) is 26.2. The summed E-state index contributed by atoms with van der Waals surface area (Å²) >= 11 is 0. The molecule has 6 nitrogen and oxygen atoms in total. The molecule has 1 aromatic heterocycles. The molecule has 4 rings (SSSR count). The van der Waals surface area contributed by atoms with E-state index in [0.29, 0.717) is 18.7 Å². The Morgan fingerprint density at radius 2 is 1.92 bits per heavy atom. The topological polar surface area (TPSA) is 66.4 Å². The molecule has 2 aromatic carbocycles. The summed E-state index contributed by atoms with van der Waals surface area (Å²) in [6.07, 6.45) is 1.95. The van der Waals surface area contributed by atoms with Crippen molar-refractivity contribution < 1.29 is 9.59 Å². The minimum absolute atomic E-state index is 0.0320. The Balaban J connectivity index is 1.51. The number of nitrogens with zero attached hydrogens (tertiary/aromatic N) is 2. The smallest absolute Gasteiger partial charge is 0.256 e. The Kier molecular flexibility index (Phi) is 4.08. The summed E-state index contributed by atoms with van der Waals surface area (Å²) in [7, 11) is 1.96. The predicted octanol–water partition coefficient (Wildman–Crippen LogP) is 2.37. The summed E-state index contributed by atoms with van der Waals surface area (Å²) in [6.45, 7) is 1.80. The normalized spacial score (nSPS) is 14.3. The third-order valence-corrected chi connectivity index (χ3v) is 4.70. The van der Waals surface area contributed by atoms with E-state index in [2.05, 4.69) is 10.6 Å². The minimum atomic E-state index is -0.132. The van der Waals surface area contributed by atoms with E-state index >= 15 is 0 Å². The fourth-order valence-electron chi connectivity index (χ4n) is 3.31. The monoisotopic (exact) mass is 348 g/mol. The number of fused-ring (bicyclic) bond motifs is 1. The number of benzene rings is 2. The molecule has 0 spiro atoms. The van der Waals surface area contributed by atoms with Gasteiger partial charge in [-0.15, -0.1) is 0 Å². The molecule has 0 radical (unpaired) electrons. The molecule has 2 heterocycles. The molecule has 1 fully saturated rings. The molecular weight excluding hydrogens is 328 g/mol. The van der Waals surface area contributed by atoms with Crippen LogP contribution in [-0.2, 0) is 11.8 Å². The van der Waals surface area contributed by atoms with E-state index in [1.54, 1.807) is 0 Å². The lowest BCUT2D eigenvalue weighted by molar-refractivity contribution is -0.120. The van der Waals surface area contributed by atoms with E-state index in [4.69, 9.17) is 0 Å². The Hall–Kier alpha value is -3.28. The van der Waals surface area contributed by atoms with Crippen molar-refractivity contribution in [2.75, 3.05) is 29.9 Å². The van der Waals surface area contributed by atoms with Gasteiger partial charge in [0.2, 0.25) is 5.91 Å². The fraction of sp³-hybridized carbons (Fsp3) is 0.200. The lowest BCUT2D eigenvalue weighted by Crippen LogP contribution is -2.47. The number of anilines is 2. The van der Waals surface area contributed by atoms with Crippen molar-refractivity contribution in [2.45, 2.75) is 0 Å². The first-order chi connectivity index (χ1) is 12.6. The standard InChI is InChI=1S/C20H20N4O2/c1-23-11-9-16-17(3-2-4-18(16)23)20(26)22-14-5-7-15(8-6-14)24-12-10-21-19(25)13-24/h2-9,11H,10,12-13H2,1H3,(H,21,25)(H,22,26). The number of aromatic nitrogens is 1. The molecule has 1 aliphatic heterocycles. The highest BCUT2D eigenvalue weighted by atomic mass is 16.2. The van der Waals surface area contributed by atoms with E-state index in [-0.39, 0.29) is 11.8 Å². The average molecular weight is 348 g/mol. The van der Waals surface area contributed by atoms with Gasteiger partial charge in [-0.25, -0.2) is 0 Å². The molecule has 2 amide bonds. The third kappa shape index (κ3) is 3.01. The number of amides is 2. The summed E-state index contributed by atoms with van der Waals surface area (Å²) in [5.41, 5.74) is 3.38. The highest BCUT2D eigenvalue weighted by Gasteiger charge is 2.16. The molecule has 0 saturated carbocycles. The van der Waals surface area contributed by atoms with Crippen LogP contribution < -0.4 is 15.5 Å². The number of rotatable bonds is 3. The van der Waals surface area contributed by atoms with Gasteiger partial charge in [0.15, 0.2) is 0 Å². The lowest BCUT2D eigenvalue weighted by atomic mass is 10.1. The van der Waals surface area contributed by atoms with Crippen LogP contribution in [-0.4, -0.2) is 36.0 Å². The van der Waals surface area contributed by atoms with Gasteiger partial charge in [0.1, 0.15) is 0 Å². The quantitative estimate of drug-likeness (QED) is 0.764. The van der Waals surface area contributed by atoms with Crippen LogP contribution in [0.15, 0.2) is 54.7 Å². The molecule has 6 heteroatoms. The number of aryl methyl sites for hydroxylation is 1. The Morgan fingerprint density at radius 3 is 2.69 bits per heavy atom. The van der Waals surface area contributed by atoms with Gasteiger partial charge in [0.25, 0.3) is 5.91 Å². The molecule has 3 aromatic rings. The van der Waals surface area contributed by atoms with E-state index in [9.17, 15) is 9.59 Å². The predicted molar refractivity (Wildman–Crippen MR) is 103 cm³/mol. The molecule has 0 aliphatic carbocycles. The number of carbonyl (C=O) groups excluding carboxylic acids is 2. The van der Waals surface area contributed by atoms with Gasteiger partial charge >= 0.3 is 0 Å². The van der Waals surface area contributed by atoms with Crippen LogP contribution in [0.1, 0.15) is 10.4 Å². The maximum atomic E-state index is 12.7. The summed E-state index contributed by atoms with van der Waals surface area (Å²) < 4.78 is 2.00. The van der Waals surface area contributed by atoms with Crippen LogP contribution in [0.5, 0.6) is 0 Å². The lowest BCUT2D eigenvalue weighted by Gasteiger charge is -2.28. The first-order valence-electron chi connectivity index (χ1n) is 8.59. The van der Waals surface area contributed by atoms with Crippen LogP contribution in [0.25, 0.3) is 10.9 Å². The van der Waals surface area contributed by atoms with Crippen molar-refractivity contribution in [2.24, 2.45) is 7.05 Å². The zero-order valence-corrected chi connectivity index (χ0v) is 14.5. The SMILES string of the molecule is Cn1ccc2c(C(=O)Nc3ccc(N4CCNC(=O)C4)cc3)cccc21. The molecule has 1 aliphatic rings. The van der Waals surface area contributed by atoms with Crippen molar-refractivity contribution in [1.82, 2.24) is 9.88 Å². The van der Waals surface area contributed by atoms with Gasteiger partial charge in [-0.3, -0.25) is 9.59 Å². The number of piperazine rings is 1.